The zero-order valence-electron chi connectivity index (χ0n) is 23.1. The van der Waals surface area contributed by atoms with Crippen molar-refractivity contribution < 1.29 is 23.0 Å². The second kappa shape index (κ2) is 11.3. The molecule has 6 rings (SSSR count). The number of nitrogens with zero attached hydrogens (tertiary/aromatic N) is 4. The SMILES string of the molecule is COc1ccc(CNc2ccc(C#N)cc2Nc2ncc3[nH]c(=O)n(C4CCOc5c(F)cc(F)cc54)c3n2)c(OC)c1. The van der Waals surface area contributed by atoms with E-state index >= 15 is 0 Å². The molecule has 3 heterocycles. The van der Waals surface area contributed by atoms with Gasteiger partial charge in [0.25, 0.3) is 0 Å². The average Bonchev–Trinajstić information content (AvgIpc) is 3.34. The third-order valence-electron chi connectivity index (χ3n) is 7.16. The highest BCUT2D eigenvalue weighted by Gasteiger charge is 2.30. The average molecular weight is 586 g/mol. The number of fused-ring (bicyclic) bond motifs is 2. The second-order valence-corrected chi connectivity index (χ2v) is 9.72. The first-order chi connectivity index (χ1) is 20.9. The van der Waals surface area contributed by atoms with Gasteiger partial charge in [0.15, 0.2) is 17.2 Å². The van der Waals surface area contributed by atoms with E-state index in [4.69, 9.17) is 14.2 Å². The number of hydrogen-bond acceptors (Lipinski definition) is 9. The number of anilines is 3. The number of imidazole rings is 1. The van der Waals surface area contributed by atoms with Gasteiger partial charge in [-0.05, 0) is 36.4 Å². The number of methoxy groups -OCH3 is 2. The van der Waals surface area contributed by atoms with Gasteiger partial charge in [0.1, 0.15) is 22.8 Å². The molecule has 13 heteroatoms. The summed E-state index contributed by atoms with van der Waals surface area (Å²) in [6.07, 6.45) is 1.74. The van der Waals surface area contributed by atoms with Gasteiger partial charge in [-0.1, -0.05) is 0 Å². The van der Waals surface area contributed by atoms with Gasteiger partial charge in [-0.3, -0.25) is 4.57 Å². The van der Waals surface area contributed by atoms with Crippen LogP contribution in [0.4, 0.5) is 26.1 Å². The van der Waals surface area contributed by atoms with Gasteiger partial charge in [0, 0.05) is 36.2 Å². The van der Waals surface area contributed by atoms with Gasteiger partial charge in [-0.15, -0.1) is 0 Å². The molecule has 0 spiro atoms. The summed E-state index contributed by atoms with van der Waals surface area (Å²) in [4.78, 5) is 24.7. The third-order valence-corrected chi connectivity index (χ3v) is 7.16. The Labute approximate surface area is 243 Å². The van der Waals surface area contributed by atoms with Gasteiger partial charge in [0.2, 0.25) is 5.95 Å². The minimum absolute atomic E-state index is 0.0937. The van der Waals surface area contributed by atoms with E-state index in [-0.39, 0.29) is 29.5 Å². The number of ether oxygens (including phenoxy) is 3. The van der Waals surface area contributed by atoms with Gasteiger partial charge < -0.3 is 29.8 Å². The summed E-state index contributed by atoms with van der Waals surface area (Å²) < 4.78 is 46.2. The molecule has 11 nitrogen and oxygen atoms in total. The van der Waals surface area contributed by atoms with Crippen LogP contribution in [0.25, 0.3) is 11.2 Å². The summed E-state index contributed by atoms with van der Waals surface area (Å²) in [5, 5.41) is 16.0. The quantitative estimate of drug-likeness (QED) is 0.229. The van der Waals surface area contributed by atoms with E-state index in [1.165, 1.54) is 10.8 Å². The monoisotopic (exact) mass is 585 g/mol. The van der Waals surface area contributed by atoms with Crippen molar-refractivity contribution in [3.8, 4) is 23.3 Å². The molecule has 0 amide bonds. The number of halogens is 2. The summed E-state index contributed by atoms with van der Waals surface area (Å²) in [6.45, 7) is 0.520. The van der Waals surface area contributed by atoms with Gasteiger partial charge in [0.05, 0.1) is 56.1 Å². The van der Waals surface area contributed by atoms with Crippen LogP contribution in [0, 0.1) is 23.0 Å². The van der Waals surface area contributed by atoms with Crippen molar-refractivity contribution in [1.29, 1.82) is 5.26 Å². The Balaban J connectivity index is 1.34. The van der Waals surface area contributed by atoms with Crippen LogP contribution in [0.3, 0.4) is 0 Å². The topological polar surface area (TPSA) is 139 Å². The number of aromatic amines is 1. The zero-order chi connectivity index (χ0) is 30.1. The molecule has 3 aromatic carbocycles. The molecule has 2 aromatic heterocycles. The lowest BCUT2D eigenvalue weighted by Gasteiger charge is -2.27. The van der Waals surface area contributed by atoms with Crippen LogP contribution in [0.15, 0.2) is 59.5 Å². The van der Waals surface area contributed by atoms with E-state index in [0.717, 1.165) is 17.7 Å². The molecule has 218 valence electrons. The Morgan fingerprint density at radius 3 is 2.79 bits per heavy atom. The van der Waals surface area contributed by atoms with E-state index in [1.54, 1.807) is 38.5 Å². The Kier molecular flexibility index (Phi) is 7.25. The number of hydrogen-bond donors (Lipinski definition) is 3. The van der Waals surface area contributed by atoms with Gasteiger partial charge in [-0.2, -0.15) is 10.2 Å². The van der Waals surface area contributed by atoms with Crippen LogP contribution in [0.5, 0.6) is 17.2 Å². The first-order valence-corrected chi connectivity index (χ1v) is 13.2. The lowest BCUT2D eigenvalue weighted by molar-refractivity contribution is 0.242. The predicted molar refractivity (Wildman–Crippen MR) is 154 cm³/mol. The summed E-state index contributed by atoms with van der Waals surface area (Å²) in [5.41, 5.74) is 2.71. The highest BCUT2D eigenvalue weighted by molar-refractivity contribution is 5.77. The van der Waals surface area contributed by atoms with Crippen molar-refractivity contribution in [2.45, 2.75) is 19.0 Å². The number of rotatable bonds is 8. The van der Waals surface area contributed by atoms with Crippen molar-refractivity contribution in [3.05, 3.63) is 93.5 Å². The van der Waals surface area contributed by atoms with Crippen LogP contribution in [0.2, 0.25) is 0 Å². The Morgan fingerprint density at radius 1 is 1.14 bits per heavy atom. The number of aromatic nitrogens is 4. The molecule has 1 atom stereocenters. The molecule has 0 aliphatic carbocycles. The van der Waals surface area contributed by atoms with Crippen molar-refractivity contribution >= 4 is 28.5 Å². The summed E-state index contributed by atoms with van der Waals surface area (Å²) in [6, 6.07) is 13.9. The minimum atomic E-state index is -0.839. The maximum Gasteiger partial charge on any atom is 0.328 e. The Bertz CT molecular complexity index is 1950. The molecule has 1 unspecified atom stereocenters. The van der Waals surface area contributed by atoms with Crippen LogP contribution in [-0.2, 0) is 6.54 Å². The van der Waals surface area contributed by atoms with Crippen molar-refractivity contribution in [3.63, 3.8) is 0 Å². The largest absolute Gasteiger partial charge is 0.497 e. The normalized spacial score (nSPS) is 14.0. The highest BCUT2D eigenvalue weighted by Crippen LogP contribution is 2.38. The summed E-state index contributed by atoms with van der Waals surface area (Å²) >= 11 is 0. The molecule has 0 fully saturated rings. The van der Waals surface area contributed by atoms with Crippen molar-refractivity contribution in [2.75, 3.05) is 31.5 Å². The number of nitriles is 1. The van der Waals surface area contributed by atoms with Crippen LogP contribution in [-0.4, -0.2) is 40.3 Å². The van der Waals surface area contributed by atoms with E-state index in [2.05, 4.69) is 31.7 Å². The Hall–Kier alpha value is -5.64. The fraction of sp³-hybridized carbons (Fsp3) is 0.200. The molecule has 5 aromatic rings. The minimum Gasteiger partial charge on any atom is -0.497 e. The summed E-state index contributed by atoms with van der Waals surface area (Å²) in [7, 11) is 3.16. The van der Waals surface area contributed by atoms with E-state index in [0.29, 0.717) is 46.9 Å². The Morgan fingerprint density at radius 2 is 2.00 bits per heavy atom. The zero-order valence-corrected chi connectivity index (χ0v) is 23.1. The molecule has 0 saturated carbocycles. The lowest BCUT2D eigenvalue weighted by atomic mass is 10.00. The molecular formula is C30H25F2N7O4. The smallest absolute Gasteiger partial charge is 0.328 e. The van der Waals surface area contributed by atoms with Crippen LogP contribution >= 0.6 is 0 Å². The predicted octanol–water partition coefficient (Wildman–Crippen LogP) is 5.01. The van der Waals surface area contributed by atoms with Crippen molar-refractivity contribution in [2.24, 2.45) is 0 Å². The summed E-state index contributed by atoms with van der Waals surface area (Å²) in [5.74, 6) is -0.266. The third kappa shape index (κ3) is 5.26. The lowest BCUT2D eigenvalue weighted by Crippen LogP contribution is -2.28. The molecule has 0 saturated heterocycles. The standard InChI is InChI=1S/C30H25F2N7O4/c1-41-19-5-4-17(26(12-19)42-2)14-34-22-6-3-16(13-33)9-23(22)36-29-35-15-24-28(38-29)39(30(40)37-24)25-7-8-43-27-20(25)10-18(31)11-21(27)32/h3-6,9-12,15,25,34H,7-8,14H2,1-2H3,(H,37,40)(H,35,36,38). The van der Waals surface area contributed by atoms with Crippen LogP contribution < -0.4 is 30.5 Å². The first-order valence-electron chi connectivity index (χ1n) is 13.2. The second-order valence-electron chi connectivity index (χ2n) is 9.72. The van der Waals surface area contributed by atoms with E-state index in [1.807, 2.05) is 12.1 Å². The molecular weight excluding hydrogens is 560 g/mol. The van der Waals surface area contributed by atoms with E-state index < -0.39 is 23.4 Å². The maximum absolute atomic E-state index is 14.5. The van der Waals surface area contributed by atoms with Gasteiger partial charge >= 0.3 is 5.69 Å². The van der Waals surface area contributed by atoms with Crippen LogP contribution in [0.1, 0.15) is 29.2 Å². The molecule has 1 aliphatic rings. The molecule has 0 radical (unpaired) electrons. The van der Waals surface area contributed by atoms with Gasteiger partial charge in [-0.25, -0.2) is 18.6 Å². The molecule has 3 N–H and O–H groups in total. The molecule has 0 bridgehead atoms. The number of H-pyrrole nitrogens is 1. The highest BCUT2D eigenvalue weighted by atomic mass is 19.1. The fourth-order valence-corrected chi connectivity index (χ4v) is 5.12. The van der Waals surface area contributed by atoms with Crippen molar-refractivity contribution in [1.82, 2.24) is 19.5 Å². The van der Waals surface area contributed by atoms with E-state index in [9.17, 15) is 18.8 Å². The molecule has 1 aliphatic heterocycles. The molecule has 43 heavy (non-hydrogen) atoms. The fourth-order valence-electron chi connectivity index (χ4n) is 5.12. The number of benzene rings is 3. The first kappa shape index (κ1) is 27.5. The number of nitrogens with one attached hydrogen (secondary N) is 3. The maximum atomic E-state index is 14.5.